The summed E-state index contributed by atoms with van der Waals surface area (Å²) >= 11 is 0. The van der Waals surface area contributed by atoms with Crippen LogP contribution in [0.3, 0.4) is 0 Å². The van der Waals surface area contributed by atoms with Gasteiger partial charge in [-0.1, -0.05) is 6.42 Å². The Bertz CT molecular complexity index is 614. The lowest BCUT2D eigenvalue weighted by Gasteiger charge is -2.43. The number of hydrogen-bond acceptors (Lipinski definition) is 5. The Kier molecular flexibility index (Phi) is 6.96. The smallest absolute Gasteiger partial charge is 0.244 e. The molecule has 1 saturated heterocycles. The van der Waals surface area contributed by atoms with Gasteiger partial charge in [0.05, 0.1) is 11.5 Å². The fourth-order valence-corrected chi connectivity index (χ4v) is 5.80. The van der Waals surface area contributed by atoms with Crippen LogP contribution >= 0.6 is 12.4 Å². The second-order valence-corrected chi connectivity index (χ2v) is 10.2. The van der Waals surface area contributed by atoms with Crippen LogP contribution in [0.2, 0.25) is 0 Å². The Morgan fingerprint density at radius 3 is 2.19 bits per heavy atom. The lowest BCUT2D eigenvalue weighted by atomic mass is 9.65. The maximum atomic E-state index is 12.6. The second kappa shape index (κ2) is 8.44. The van der Waals surface area contributed by atoms with Crippen molar-refractivity contribution in [2.24, 2.45) is 23.5 Å². The molecule has 3 unspecified atom stereocenters. The number of rotatable bonds is 3. The number of fused-ring (bicyclic) bond motifs is 2. The molecular formula is C17H30ClN3O4S. The van der Waals surface area contributed by atoms with Gasteiger partial charge < -0.3 is 16.0 Å². The summed E-state index contributed by atoms with van der Waals surface area (Å²) in [7, 11) is -3.02. The highest BCUT2D eigenvalue weighted by atomic mass is 35.5. The summed E-state index contributed by atoms with van der Waals surface area (Å²) in [5, 5.41) is 2.85. The number of carbonyl (C=O) groups excluding carboxylic acids is 2. The van der Waals surface area contributed by atoms with E-state index in [0.717, 1.165) is 25.7 Å². The van der Waals surface area contributed by atoms with Gasteiger partial charge in [0.25, 0.3) is 0 Å². The molecule has 1 aliphatic heterocycles. The number of carbonyl (C=O) groups is 2. The molecule has 2 bridgehead atoms. The molecular weight excluding hydrogens is 378 g/mol. The number of halogens is 1. The summed E-state index contributed by atoms with van der Waals surface area (Å²) in [5.74, 6) is 0.521. The Balaban J connectivity index is 0.00000243. The van der Waals surface area contributed by atoms with E-state index in [2.05, 4.69) is 5.32 Å². The van der Waals surface area contributed by atoms with E-state index in [4.69, 9.17) is 5.73 Å². The van der Waals surface area contributed by atoms with Crippen molar-refractivity contribution in [1.82, 2.24) is 10.2 Å². The molecule has 3 fully saturated rings. The fourth-order valence-electron chi connectivity index (χ4n) is 4.60. The molecule has 0 aromatic rings. The van der Waals surface area contributed by atoms with Crippen LogP contribution in [-0.4, -0.2) is 61.8 Å². The first-order valence-electron chi connectivity index (χ1n) is 9.32. The number of sulfone groups is 1. The third-order valence-electron chi connectivity index (χ3n) is 6.17. The first-order chi connectivity index (χ1) is 11.8. The fraction of sp³-hybridized carbons (Fsp3) is 0.882. The monoisotopic (exact) mass is 407 g/mol. The lowest BCUT2D eigenvalue weighted by molar-refractivity contribution is -0.137. The Morgan fingerprint density at radius 2 is 1.65 bits per heavy atom. The first kappa shape index (κ1) is 21.4. The van der Waals surface area contributed by atoms with E-state index in [-0.39, 0.29) is 60.8 Å². The van der Waals surface area contributed by atoms with Gasteiger partial charge >= 0.3 is 0 Å². The molecule has 7 nitrogen and oxygen atoms in total. The molecule has 0 aromatic heterocycles. The van der Waals surface area contributed by atoms with Gasteiger partial charge in [-0.15, -0.1) is 12.4 Å². The number of nitrogens with two attached hydrogens (primary N) is 1. The average molecular weight is 408 g/mol. The van der Waals surface area contributed by atoms with Gasteiger partial charge in [0.2, 0.25) is 11.8 Å². The van der Waals surface area contributed by atoms with Crippen LogP contribution in [0.5, 0.6) is 0 Å². The van der Waals surface area contributed by atoms with Gasteiger partial charge in [-0.3, -0.25) is 9.59 Å². The largest absolute Gasteiger partial charge is 0.344 e. The SMILES string of the molecule is CC(NC(=O)C1CC2CCCC(C1)C2N)C(=O)N1CCS(=O)(=O)CC1.Cl. The molecule has 2 aliphatic carbocycles. The van der Waals surface area contributed by atoms with Crippen molar-refractivity contribution in [1.29, 1.82) is 0 Å². The summed E-state index contributed by atoms with van der Waals surface area (Å²) in [4.78, 5) is 26.6. The molecule has 0 radical (unpaired) electrons. The van der Waals surface area contributed by atoms with E-state index in [1.54, 1.807) is 6.92 Å². The molecule has 3 aliphatic rings. The normalized spacial score (nSPS) is 34.3. The van der Waals surface area contributed by atoms with Crippen molar-refractivity contribution < 1.29 is 18.0 Å². The molecule has 2 saturated carbocycles. The van der Waals surface area contributed by atoms with E-state index >= 15 is 0 Å². The van der Waals surface area contributed by atoms with Gasteiger partial charge in [-0.2, -0.15) is 0 Å². The van der Waals surface area contributed by atoms with Gasteiger partial charge in [-0.25, -0.2) is 8.42 Å². The predicted octanol–water partition coefficient (Wildman–Crippen LogP) is 0.324. The summed E-state index contributed by atoms with van der Waals surface area (Å²) in [5.41, 5.74) is 6.27. The maximum absolute atomic E-state index is 12.6. The highest BCUT2D eigenvalue weighted by molar-refractivity contribution is 7.91. The third-order valence-corrected chi connectivity index (χ3v) is 7.78. The van der Waals surface area contributed by atoms with Crippen molar-refractivity contribution in [3.63, 3.8) is 0 Å². The quantitative estimate of drug-likeness (QED) is 0.700. The number of nitrogens with zero attached hydrogens (tertiary/aromatic N) is 1. The van der Waals surface area contributed by atoms with Crippen molar-refractivity contribution in [2.45, 2.75) is 51.1 Å². The van der Waals surface area contributed by atoms with Crippen LogP contribution < -0.4 is 11.1 Å². The molecule has 2 amide bonds. The first-order valence-corrected chi connectivity index (χ1v) is 11.1. The molecule has 0 spiro atoms. The summed E-state index contributed by atoms with van der Waals surface area (Å²) in [6, 6.07) is -0.407. The Labute approximate surface area is 161 Å². The van der Waals surface area contributed by atoms with Gasteiger partial charge in [0.1, 0.15) is 6.04 Å². The molecule has 0 aromatic carbocycles. The van der Waals surface area contributed by atoms with E-state index in [9.17, 15) is 18.0 Å². The topological polar surface area (TPSA) is 110 Å². The minimum Gasteiger partial charge on any atom is -0.344 e. The van der Waals surface area contributed by atoms with Gasteiger partial charge in [0, 0.05) is 25.0 Å². The van der Waals surface area contributed by atoms with Crippen molar-refractivity contribution >= 4 is 34.1 Å². The van der Waals surface area contributed by atoms with Gasteiger partial charge in [0.15, 0.2) is 9.84 Å². The molecule has 26 heavy (non-hydrogen) atoms. The van der Waals surface area contributed by atoms with Crippen LogP contribution in [0.25, 0.3) is 0 Å². The number of hydrogen-bond donors (Lipinski definition) is 2. The van der Waals surface area contributed by atoms with Crippen LogP contribution in [-0.2, 0) is 19.4 Å². The van der Waals surface area contributed by atoms with Crippen LogP contribution in [0.15, 0.2) is 0 Å². The summed E-state index contributed by atoms with van der Waals surface area (Å²) < 4.78 is 23.0. The van der Waals surface area contributed by atoms with Crippen molar-refractivity contribution in [3.8, 4) is 0 Å². The molecule has 1 heterocycles. The lowest BCUT2D eigenvalue weighted by Crippen LogP contribution is -2.54. The number of amides is 2. The standard InChI is InChI=1S/C17H29N3O4S.ClH/c1-11(17(22)20-5-7-25(23,24)8-6-20)19-16(21)14-9-12-3-2-4-13(10-14)15(12)18;/h11-15H,2-10,18H2,1H3,(H,19,21);1H. The summed E-state index contributed by atoms with van der Waals surface area (Å²) in [6.07, 6.45) is 5.01. The zero-order valence-electron chi connectivity index (χ0n) is 15.2. The minimum atomic E-state index is -3.02. The van der Waals surface area contributed by atoms with Gasteiger partial charge in [-0.05, 0) is 44.4 Å². The van der Waals surface area contributed by atoms with Crippen LogP contribution in [0.1, 0.15) is 39.0 Å². The second-order valence-electron chi connectivity index (χ2n) is 7.90. The molecule has 3 N–H and O–H groups in total. The number of nitrogens with one attached hydrogen (secondary N) is 1. The zero-order chi connectivity index (χ0) is 18.2. The summed E-state index contributed by atoms with van der Waals surface area (Å²) in [6.45, 7) is 2.10. The molecule has 3 rings (SSSR count). The maximum Gasteiger partial charge on any atom is 0.244 e. The van der Waals surface area contributed by atoms with E-state index in [1.807, 2.05) is 0 Å². The highest BCUT2D eigenvalue weighted by Gasteiger charge is 2.41. The van der Waals surface area contributed by atoms with Crippen LogP contribution in [0.4, 0.5) is 0 Å². The minimum absolute atomic E-state index is 0. The zero-order valence-corrected chi connectivity index (χ0v) is 16.9. The Hall–Kier alpha value is -0.860. The van der Waals surface area contributed by atoms with E-state index < -0.39 is 15.9 Å². The molecule has 3 atom stereocenters. The molecule has 9 heteroatoms. The average Bonchev–Trinajstić information content (AvgIpc) is 2.53. The Morgan fingerprint density at radius 1 is 1.12 bits per heavy atom. The highest BCUT2D eigenvalue weighted by Crippen LogP contribution is 2.41. The van der Waals surface area contributed by atoms with Crippen molar-refractivity contribution in [3.05, 3.63) is 0 Å². The van der Waals surface area contributed by atoms with Crippen molar-refractivity contribution in [2.75, 3.05) is 24.6 Å². The third kappa shape index (κ3) is 4.70. The predicted molar refractivity (Wildman–Crippen MR) is 102 cm³/mol. The van der Waals surface area contributed by atoms with Crippen LogP contribution in [0, 0.1) is 17.8 Å². The molecule has 150 valence electrons. The van der Waals surface area contributed by atoms with E-state index in [1.165, 1.54) is 11.3 Å². The van der Waals surface area contributed by atoms with E-state index in [0.29, 0.717) is 11.8 Å².